The molecule has 0 saturated carbocycles. The third-order valence-corrected chi connectivity index (χ3v) is 4.60. The number of halogens is 1. The van der Waals surface area contributed by atoms with Crippen LogP contribution in [0.1, 0.15) is 45.0 Å². The van der Waals surface area contributed by atoms with Crippen molar-refractivity contribution in [2.75, 3.05) is 13.2 Å². The molecule has 1 N–H and O–H groups in total. The summed E-state index contributed by atoms with van der Waals surface area (Å²) in [6, 6.07) is 6.30. The van der Waals surface area contributed by atoms with Crippen LogP contribution in [0.4, 0.5) is 4.39 Å². The number of likely N-dealkylation sites (tertiary alicyclic amines) is 1. The van der Waals surface area contributed by atoms with Crippen LogP contribution in [-0.2, 0) is 9.53 Å². The van der Waals surface area contributed by atoms with E-state index in [-0.39, 0.29) is 17.8 Å². The topological polar surface area (TPSA) is 58.2 Å². The van der Waals surface area contributed by atoms with E-state index in [1.165, 1.54) is 12.1 Å². The molecule has 2 unspecified atom stereocenters. The van der Waals surface area contributed by atoms with E-state index < -0.39 is 6.10 Å². The second-order valence-corrected chi connectivity index (χ2v) is 6.33. The van der Waals surface area contributed by atoms with Crippen LogP contribution in [0.3, 0.4) is 0 Å². The Labute approximate surface area is 147 Å². The van der Waals surface area contributed by atoms with Crippen LogP contribution in [0, 0.1) is 5.82 Å². The van der Waals surface area contributed by atoms with Crippen LogP contribution in [0.25, 0.3) is 11.3 Å². The van der Waals surface area contributed by atoms with Crippen molar-refractivity contribution in [2.24, 2.45) is 0 Å². The highest BCUT2D eigenvalue weighted by Crippen LogP contribution is 2.31. The summed E-state index contributed by atoms with van der Waals surface area (Å²) in [5.41, 5.74) is 1.50. The van der Waals surface area contributed by atoms with E-state index in [1.54, 1.807) is 19.2 Å². The van der Waals surface area contributed by atoms with Gasteiger partial charge in [0.05, 0.1) is 17.9 Å². The predicted octanol–water partition coefficient (Wildman–Crippen LogP) is 3.69. The molecular weight excluding hydrogens is 321 g/mol. The Hall–Kier alpha value is -2.21. The minimum absolute atomic E-state index is 0.00439. The molecule has 1 saturated heterocycles. The largest absolute Gasteiger partial charge is 0.369 e. The Kier molecular flexibility index (Phi) is 5.48. The van der Waals surface area contributed by atoms with Crippen molar-refractivity contribution in [1.82, 2.24) is 14.9 Å². The van der Waals surface area contributed by atoms with E-state index in [9.17, 15) is 9.18 Å². The third kappa shape index (κ3) is 3.90. The minimum atomic E-state index is -0.455. The zero-order valence-electron chi connectivity index (χ0n) is 14.7. The lowest BCUT2D eigenvalue weighted by Gasteiger charge is -2.36. The van der Waals surface area contributed by atoms with Crippen molar-refractivity contribution in [3.8, 4) is 11.3 Å². The van der Waals surface area contributed by atoms with Gasteiger partial charge in [0.15, 0.2) is 0 Å². The van der Waals surface area contributed by atoms with Crippen LogP contribution < -0.4 is 0 Å². The van der Waals surface area contributed by atoms with E-state index >= 15 is 0 Å². The van der Waals surface area contributed by atoms with Gasteiger partial charge in [0, 0.05) is 18.7 Å². The van der Waals surface area contributed by atoms with E-state index in [2.05, 4.69) is 9.97 Å². The number of hydrogen-bond donors (Lipinski definition) is 1. The summed E-state index contributed by atoms with van der Waals surface area (Å²) in [5.74, 6) is 0.458. The van der Waals surface area contributed by atoms with E-state index in [4.69, 9.17) is 4.74 Å². The lowest BCUT2D eigenvalue weighted by molar-refractivity contribution is -0.146. The van der Waals surface area contributed by atoms with Gasteiger partial charge in [-0.2, -0.15) is 0 Å². The third-order valence-electron chi connectivity index (χ3n) is 4.60. The van der Waals surface area contributed by atoms with Gasteiger partial charge in [0.1, 0.15) is 17.7 Å². The number of ether oxygens (including phenoxy) is 1. The van der Waals surface area contributed by atoms with E-state index in [0.29, 0.717) is 13.2 Å². The second kappa shape index (κ2) is 7.78. The normalized spacial score (nSPS) is 19.0. The number of rotatable bonds is 5. The van der Waals surface area contributed by atoms with Gasteiger partial charge in [0.25, 0.3) is 5.91 Å². The molecule has 0 bridgehead atoms. The average molecular weight is 345 g/mol. The van der Waals surface area contributed by atoms with Crippen molar-refractivity contribution < 1.29 is 13.9 Å². The molecule has 1 amide bonds. The van der Waals surface area contributed by atoms with Gasteiger partial charge < -0.3 is 14.6 Å². The Morgan fingerprint density at radius 1 is 1.48 bits per heavy atom. The zero-order chi connectivity index (χ0) is 17.8. The molecule has 1 aromatic carbocycles. The fraction of sp³-hybridized carbons (Fsp3) is 0.474. The molecule has 1 aliphatic rings. The minimum Gasteiger partial charge on any atom is -0.369 e. The molecule has 0 radical (unpaired) electrons. The van der Waals surface area contributed by atoms with Gasteiger partial charge in [-0.15, -0.1) is 0 Å². The smallest absolute Gasteiger partial charge is 0.252 e. The molecule has 2 heterocycles. The summed E-state index contributed by atoms with van der Waals surface area (Å²) in [7, 11) is 0. The van der Waals surface area contributed by atoms with Gasteiger partial charge in [-0.05, 0) is 45.2 Å². The van der Waals surface area contributed by atoms with Crippen LogP contribution in [0.15, 0.2) is 30.5 Å². The lowest BCUT2D eigenvalue weighted by Crippen LogP contribution is -2.44. The SMILES string of the molecule is CCOC(C)C(=O)N1CCCCC1c1ncc(-c2cccc(F)c2)[nH]1. The Bertz CT molecular complexity index is 731. The first-order chi connectivity index (χ1) is 12.1. The van der Waals surface area contributed by atoms with Crippen LogP contribution in [0.2, 0.25) is 0 Å². The molecule has 25 heavy (non-hydrogen) atoms. The fourth-order valence-corrected chi connectivity index (χ4v) is 3.34. The van der Waals surface area contributed by atoms with Gasteiger partial charge in [-0.1, -0.05) is 12.1 Å². The van der Waals surface area contributed by atoms with E-state index in [0.717, 1.165) is 36.3 Å². The first kappa shape index (κ1) is 17.6. The molecule has 0 aliphatic carbocycles. The highest BCUT2D eigenvalue weighted by Gasteiger charge is 2.32. The molecule has 2 atom stereocenters. The van der Waals surface area contributed by atoms with E-state index in [1.807, 2.05) is 17.9 Å². The Morgan fingerprint density at radius 3 is 3.08 bits per heavy atom. The van der Waals surface area contributed by atoms with Crippen LogP contribution in [-0.4, -0.2) is 40.0 Å². The Balaban J connectivity index is 1.82. The number of nitrogens with one attached hydrogen (secondary N) is 1. The maximum Gasteiger partial charge on any atom is 0.252 e. The maximum atomic E-state index is 13.4. The summed E-state index contributed by atoms with van der Waals surface area (Å²) >= 11 is 0. The standard InChI is InChI=1S/C19H24FN3O2/c1-3-25-13(2)19(24)23-10-5-4-9-17(23)18-21-12-16(22-18)14-7-6-8-15(20)11-14/h6-8,11-13,17H,3-5,9-10H2,1-2H3,(H,21,22). The molecule has 1 aromatic heterocycles. The number of piperidine rings is 1. The van der Waals surface area contributed by atoms with Crippen LogP contribution >= 0.6 is 0 Å². The van der Waals surface area contributed by atoms with Crippen molar-refractivity contribution in [1.29, 1.82) is 0 Å². The van der Waals surface area contributed by atoms with Crippen LogP contribution in [0.5, 0.6) is 0 Å². The number of aromatic nitrogens is 2. The molecule has 3 rings (SSSR count). The number of nitrogens with zero attached hydrogens (tertiary/aromatic N) is 2. The molecule has 0 spiro atoms. The zero-order valence-corrected chi connectivity index (χ0v) is 14.7. The Morgan fingerprint density at radius 2 is 2.32 bits per heavy atom. The van der Waals surface area contributed by atoms with Crippen molar-refractivity contribution in [3.05, 3.63) is 42.1 Å². The maximum absolute atomic E-state index is 13.4. The monoisotopic (exact) mass is 345 g/mol. The molecular formula is C19H24FN3O2. The number of H-pyrrole nitrogens is 1. The van der Waals surface area contributed by atoms with Crippen molar-refractivity contribution >= 4 is 5.91 Å². The van der Waals surface area contributed by atoms with Gasteiger partial charge in [-0.3, -0.25) is 4.79 Å². The first-order valence-electron chi connectivity index (χ1n) is 8.83. The lowest BCUT2D eigenvalue weighted by atomic mass is 10.0. The molecule has 6 heteroatoms. The number of hydrogen-bond acceptors (Lipinski definition) is 3. The summed E-state index contributed by atoms with van der Waals surface area (Å²) in [4.78, 5) is 22.3. The molecule has 1 fully saturated rings. The van der Waals surface area contributed by atoms with Crippen molar-refractivity contribution in [3.63, 3.8) is 0 Å². The molecule has 134 valence electrons. The number of carbonyl (C=O) groups excluding carboxylic acids is 1. The molecule has 5 nitrogen and oxygen atoms in total. The predicted molar refractivity (Wildman–Crippen MR) is 93.4 cm³/mol. The number of benzene rings is 1. The molecule has 1 aliphatic heterocycles. The summed E-state index contributed by atoms with van der Waals surface area (Å²) in [6.07, 6.45) is 4.14. The number of amides is 1. The van der Waals surface area contributed by atoms with Gasteiger partial charge >= 0.3 is 0 Å². The summed E-state index contributed by atoms with van der Waals surface area (Å²) in [5, 5.41) is 0. The number of aromatic amines is 1. The highest BCUT2D eigenvalue weighted by atomic mass is 19.1. The fourth-order valence-electron chi connectivity index (χ4n) is 3.34. The highest BCUT2D eigenvalue weighted by molar-refractivity contribution is 5.81. The van der Waals surface area contributed by atoms with Crippen molar-refractivity contribution in [2.45, 2.75) is 45.3 Å². The summed E-state index contributed by atoms with van der Waals surface area (Å²) in [6.45, 7) is 4.89. The molecule has 2 aromatic rings. The van der Waals surface area contributed by atoms with Gasteiger partial charge in [-0.25, -0.2) is 9.37 Å². The second-order valence-electron chi connectivity index (χ2n) is 6.33. The first-order valence-corrected chi connectivity index (χ1v) is 8.83. The summed E-state index contributed by atoms with van der Waals surface area (Å²) < 4.78 is 18.9. The average Bonchev–Trinajstić information content (AvgIpc) is 3.11. The van der Waals surface area contributed by atoms with Gasteiger partial charge in [0.2, 0.25) is 0 Å². The number of carbonyl (C=O) groups is 1. The number of imidazole rings is 1. The quantitative estimate of drug-likeness (QED) is 0.899.